The molecule has 152 valence electrons. The van der Waals surface area contributed by atoms with Gasteiger partial charge in [0.15, 0.2) is 10.8 Å². The van der Waals surface area contributed by atoms with Crippen LogP contribution in [-0.2, 0) is 4.79 Å². The van der Waals surface area contributed by atoms with Crippen molar-refractivity contribution in [2.45, 2.75) is 22.2 Å². The van der Waals surface area contributed by atoms with Crippen LogP contribution in [0.4, 0.5) is 5.69 Å². The number of amides is 1. The number of anilines is 1. The van der Waals surface area contributed by atoms with Gasteiger partial charge in [-0.25, -0.2) is 9.67 Å². The Morgan fingerprint density at radius 3 is 2.63 bits per heavy atom. The molecule has 0 fully saturated rings. The van der Waals surface area contributed by atoms with Gasteiger partial charge >= 0.3 is 0 Å². The molecule has 2 heterocycles. The first-order chi connectivity index (χ1) is 14.6. The fourth-order valence-corrected chi connectivity index (χ4v) is 4.26. The second-order valence-corrected chi connectivity index (χ2v) is 8.63. The summed E-state index contributed by atoms with van der Waals surface area (Å²) in [4.78, 5) is 33.5. The van der Waals surface area contributed by atoms with Gasteiger partial charge in [-0.3, -0.25) is 9.59 Å². The molecule has 0 bridgehead atoms. The van der Waals surface area contributed by atoms with Gasteiger partial charge < -0.3 is 10.3 Å². The number of hydrogen-bond donors (Lipinski definition) is 2. The third-order valence-electron chi connectivity index (χ3n) is 4.44. The lowest BCUT2D eigenvalue weighted by Gasteiger charge is -2.13. The van der Waals surface area contributed by atoms with Crippen LogP contribution in [0.15, 0.2) is 75.6 Å². The van der Waals surface area contributed by atoms with Crippen LogP contribution in [0, 0.1) is 0 Å². The van der Waals surface area contributed by atoms with Gasteiger partial charge in [-0.2, -0.15) is 5.10 Å². The summed E-state index contributed by atoms with van der Waals surface area (Å²) in [5, 5.41) is 7.55. The summed E-state index contributed by atoms with van der Waals surface area (Å²) in [7, 11) is 0. The molecule has 0 aliphatic rings. The van der Waals surface area contributed by atoms with Crippen molar-refractivity contribution in [2.75, 3.05) is 11.6 Å². The zero-order valence-electron chi connectivity index (χ0n) is 16.3. The van der Waals surface area contributed by atoms with Crippen molar-refractivity contribution >= 4 is 46.2 Å². The van der Waals surface area contributed by atoms with E-state index in [1.54, 1.807) is 23.4 Å². The Balaban J connectivity index is 1.59. The van der Waals surface area contributed by atoms with Crippen LogP contribution in [0.1, 0.15) is 6.92 Å². The molecular weight excluding hydrogens is 418 g/mol. The smallest absolute Gasteiger partial charge is 0.262 e. The van der Waals surface area contributed by atoms with Gasteiger partial charge in [0.25, 0.3) is 5.56 Å². The standard InChI is InChI=1S/C21H19N5O2S2/c1-13(19(27)23-16-10-6-7-11-17(16)29-2)30-21-24-18-15(20(28)25-21)12-22-26(18)14-8-4-3-5-9-14/h3-13H,1-2H3,(H,23,27)(H,24,25,28)/t13-/m1/s1. The molecule has 0 aliphatic carbocycles. The molecule has 1 amide bonds. The maximum Gasteiger partial charge on any atom is 0.262 e. The molecule has 0 unspecified atom stereocenters. The summed E-state index contributed by atoms with van der Waals surface area (Å²) in [6, 6.07) is 17.1. The number of carbonyl (C=O) groups is 1. The molecule has 1 atom stereocenters. The molecule has 2 aromatic carbocycles. The van der Waals surface area contributed by atoms with E-state index in [1.165, 1.54) is 18.0 Å². The molecule has 2 N–H and O–H groups in total. The van der Waals surface area contributed by atoms with Crippen LogP contribution in [0.2, 0.25) is 0 Å². The molecule has 0 saturated carbocycles. The highest BCUT2D eigenvalue weighted by Crippen LogP contribution is 2.27. The predicted octanol–water partition coefficient (Wildman–Crippen LogP) is 3.95. The first kappa shape index (κ1) is 20.2. The highest BCUT2D eigenvalue weighted by atomic mass is 32.2. The maximum atomic E-state index is 12.7. The molecule has 0 saturated heterocycles. The fourth-order valence-electron chi connectivity index (χ4n) is 2.92. The first-order valence-electron chi connectivity index (χ1n) is 9.21. The summed E-state index contributed by atoms with van der Waals surface area (Å²) < 4.78 is 1.62. The minimum absolute atomic E-state index is 0.166. The molecule has 4 aromatic rings. The number of fused-ring (bicyclic) bond motifs is 1. The molecule has 2 aromatic heterocycles. The largest absolute Gasteiger partial charge is 0.324 e. The summed E-state index contributed by atoms with van der Waals surface area (Å²) in [6.45, 7) is 1.78. The van der Waals surface area contributed by atoms with Crippen LogP contribution in [0.3, 0.4) is 0 Å². The third kappa shape index (κ3) is 4.12. The van der Waals surface area contributed by atoms with E-state index in [1.807, 2.05) is 60.9 Å². The Hall–Kier alpha value is -3.04. The average molecular weight is 438 g/mol. The van der Waals surface area contributed by atoms with E-state index in [2.05, 4.69) is 20.4 Å². The lowest BCUT2D eigenvalue weighted by atomic mass is 10.3. The van der Waals surface area contributed by atoms with Gasteiger partial charge in [0, 0.05) is 4.90 Å². The molecule has 0 aliphatic heterocycles. The highest BCUT2D eigenvalue weighted by molar-refractivity contribution is 8.00. The number of H-pyrrole nitrogens is 1. The molecule has 4 rings (SSSR count). The Morgan fingerprint density at radius 2 is 1.87 bits per heavy atom. The van der Waals surface area contributed by atoms with Crippen molar-refractivity contribution in [3.8, 4) is 5.69 Å². The first-order valence-corrected chi connectivity index (χ1v) is 11.3. The van der Waals surface area contributed by atoms with E-state index in [-0.39, 0.29) is 11.5 Å². The van der Waals surface area contributed by atoms with E-state index in [0.29, 0.717) is 16.2 Å². The maximum absolute atomic E-state index is 12.7. The van der Waals surface area contributed by atoms with Gasteiger partial charge in [0.1, 0.15) is 5.39 Å². The number of nitrogens with one attached hydrogen (secondary N) is 2. The molecule has 0 radical (unpaired) electrons. The van der Waals surface area contributed by atoms with Crippen LogP contribution >= 0.6 is 23.5 Å². The number of hydrogen-bond acceptors (Lipinski definition) is 6. The van der Waals surface area contributed by atoms with E-state index in [9.17, 15) is 9.59 Å². The van der Waals surface area contributed by atoms with E-state index < -0.39 is 5.25 Å². The quantitative estimate of drug-likeness (QED) is 0.350. The molecule has 7 nitrogen and oxygen atoms in total. The zero-order valence-corrected chi connectivity index (χ0v) is 18.0. The lowest BCUT2D eigenvalue weighted by Crippen LogP contribution is -2.23. The molecule has 9 heteroatoms. The zero-order chi connectivity index (χ0) is 21.1. The third-order valence-corrected chi connectivity index (χ3v) is 6.22. The van der Waals surface area contributed by atoms with Crippen molar-refractivity contribution in [2.24, 2.45) is 0 Å². The SMILES string of the molecule is CSc1ccccc1NC(=O)[C@@H](C)Sc1nc2c(cnn2-c2ccccc2)c(=O)[nH]1. The molecular formula is C21H19N5O2S2. The van der Waals surface area contributed by atoms with Crippen molar-refractivity contribution in [3.05, 3.63) is 71.1 Å². The van der Waals surface area contributed by atoms with Crippen molar-refractivity contribution in [1.82, 2.24) is 19.7 Å². The molecule has 0 spiro atoms. The number of para-hydroxylation sites is 2. The van der Waals surface area contributed by atoms with Gasteiger partial charge in [0.2, 0.25) is 5.91 Å². The number of thioether (sulfide) groups is 2. The van der Waals surface area contributed by atoms with Gasteiger partial charge in [-0.05, 0) is 37.4 Å². The summed E-state index contributed by atoms with van der Waals surface area (Å²) >= 11 is 2.76. The predicted molar refractivity (Wildman–Crippen MR) is 122 cm³/mol. The van der Waals surface area contributed by atoms with Gasteiger partial charge in [0.05, 0.1) is 22.8 Å². The number of aromatic amines is 1. The van der Waals surface area contributed by atoms with Crippen LogP contribution in [0.5, 0.6) is 0 Å². The normalized spacial score (nSPS) is 12.1. The Kier molecular flexibility index (Phi) is 5.91. The Morgan fingerprint density at radius 1 is 1.13 bits per heavy atom. The second-order valence-electron chi connectivity index (χ2n) is 6.45. The van der Waals surface area contributed by atoms with E-state index in [0.717, 1.165) is 16.3 Å². The Bertz CT molecular complexity index is 1250. The average Bonchev–Trinajstić information content (AvgIpc) is 3.19. The number of benzene rings is 2. The highest BCUT2D eigenvalue weighted by Gasteiger charge is 2.19. The monoisotopic (exact) mass is 437 g/mol. The number of rotatable bonds is 6. The number of aromatic nitrogens is 4. The van der Waals surface area contributed by atoms with Gasteiger partial charge in [-0.1, -0.05) is 42.1 Å². The Labute approximate surface area is 181 Å². The minimum Gasteiger partial charge on any atom is -0.324 e. The summed E-state index contributed by atoms with van der Waals surface area (Å²) in [5.41, 5.74) is 1.74. The van der Waals surface area contributed by atoms with Crippen molar-refractivity contribution < 1.29 is 4.79 Å². The van der Waals surface area contributed by atoms with E-state index in [4.69, 9.17) is 0 Å². The van der Waals surface area contributed by atoms with Crippen LogP contribution in [0.25, 0.3) is 16.7 Å². The fraction of sp³-hybridized carbons (Fsp3) is 0.143. The number of carbonyl (C=O) groups excluding carboxylic acids is 1. The van der Waals surface area contributed by atoms with Gasteiger partial charge in [-0.15, -0.1) is 11.8 Å². The van der Waals surface area contributed by atoms with Crippen LogP contribution in [-0.4, -0.2) is 37.2 Å². The molecule has 30 heavy (non-hydrogen) atoms. The van der Waals surface area contributed by atoms with E-state index >= 15 is 0 Å². The minimum atomic E-state index is -0.464. The second kappa shape index (κ2) is 8.76. The number of nitrogens with zero attached hydrogens (tertiary/aromatic N) is 3. The van der Waals surface area contributed by atoms with Crippen LogP contribution < -0.4 is 10.9 Å². The topological polar surface area (TPSA) is 92.7 Å². The van der Waals surface area contributed by atoms with Crippen molar-refractivity contribution in [1.29, 1.82) is 0 Å². The summed E-state index contributed by atoms with van der Waals surface area (Å²) in [5.74, 6) is -0.166. The lowest BCUT2D eigenvalue weighted by molar-refractivity contribution is -0.115. The van der Waals surface area contributed by atoms with Crippen molar-refractivity contribution in [3.63, 3.8) is 0 Å². The summed E-state index contributed by atoms with van der Waals surface area (Å²) in [6.07, 6.45) is 3.46.